The van der Waals surface area contributed by atoms with E-state index in [-0.39, 0.29) is 18.0 Å². The molecule has 31 heavy (non-hydrogen) atoms. The van der Waals surface area contributed by atoms with Gasteiger partial charge in [0.25, 0.3) is 5.56 Å². The molecule has 3 aromatic heterocycles. The van der Waals surface area contributed by atoms with E-state index in [9.17, 15) is 4.79 Å². The second-order valence-corrected chi connectivity index (χ2v) is 8.50. The van der Waals surface area contributed by atoms with Crippen molar-refractivity contribution >= 4 is 23.3 Å². The topological polar surface area (TPSA) is 64.7 Å². The summed E-state index contributed by atoms with van der Waals surface area (Å²) in [4.78, 5) is 12.9. The predicted octanol–water partition coefficient (Wildman–Crippen LogP) is 3.87. The van der Waals surface area contributed by atoms with Gasteiger partial charge in [0.2, 0.25) is 0 Å². The van der Waals surface area contributed by atoms with E-state index in [1.165, 1.54) is 35.0 Å². The van der Waals surface area contributed by atoms with Crippen molar-refractivity contribution in [2.75, 3.05) is 0 Å². The molecule has 0 amide bonds. The van der Waals surface area contributed by atoms with Crippen LogP contribution in [0.25, 0.3) is 27.8 Å². The third kappa shape index (κ3) is 3.09. The summed E-state index contributed by atoms with van der Waals surface area (Å²) >= 11 is 0. The number of hydrogen-bond donors (Lipinski definition) is 1. The van der Waals surface area contributed by atoms with Crippen LogP contribution in [0.5, 0.6) is 0 Å². The summed E-state index contributed by atoms with van der Waals surface area (Å²) in [5.74, 6) is 0. The van der Waals surface area contributed by atoms with Gasteiger partial charge in [0.1, 0.15) is 0 Å². The fraction of sp³-hybridized carbons (Fsp3) is 0.292. The zero-order valence-electron chi connectivity index (χ0n) is 17.5. The van der Waals surface area contributed by atoms with Crippen LogP contribution in [0.15, 0.2) is 53.5 Å². The molecule has 4 aromatic rings. The maximum absolute atomic E-state index is 12.9. The minimum absolute atomic E-state index is 0. The second kappa shape index (κ2) is 7.32. The summed E-state index contributed by atoms with van der Waals surface area (Å²) < 4.78 is 4.02. The number of rotatable bonds is 2. The molecule has 1 N–H and O–H groups in total. The maximum atomic E-state index is 12.9. The molecule has 2 aliphatic rings. The van der Waals surface area contributed by atoms with Gasteiger partial charge in [-0.3, -0.25) is 9.36 Å². The first-order valence-electron chi connectivity index (χ1n) is 10.5. The Morgan fingerprint density at radius 2 is 1.94 bits per heavy atom. The average Bonchev–Trinajstić information content (AvgIpc) is 3.27. The third-order valence-corrected chi connectivity index (χ3v) is 6.67. The number of fused-ring (bicyclic) bond motifs is 6. The zero-order chi connectivity index (χ0) is 20.4. The van der Waals surface area contributed by atoms with Crippen LogP contribution in [0.1, 0.15) is 35.8 Å². The highest BCUT2D eigenvalue weighted by atomic mass is 35.5. The van der Waals surface area contributed by atoms with Crippen molar-refractivity contribution < 1.29 is 0 Å². The molecule has 5 heterocycles. The number of nitrogens with zero attached hydrogens (tertiary/aromatic N) is 4. The number of pyridine rings is 1. The molecule has 2 bridgehead atoms. The fourth-order valence-corrected chi connectivity index (χ4v) is 5.14. The van der Waals surface area contributed by atoms with Gasteiger partial charge in [-0.25, -0.2) is 0 Å². The summed E-state index contributed by atoms with van der Waals surface area (Å²) in [6, 6.07) is 14.8. The number of hydrogen-bond acceptors (Lipinski definition) is 4. The normalized spacial score (nSPS) is 19.3. The van der Waals surface area contributed by atoms with Crippen LogP contribution in [0.4, 0.5) is 0 Å². The lowest BCUT2D eigenvalue weighted by molar-refractivity contribution is 0.504. The average molecular weight is 434 g/mol. The molecule has 0 radical (unpaired) electrons. The van der Waals surface area contributed by atoms with Crippen molar-refractivity contribution in [3.8, 4) is 16.9 Å². The summed E-state index contributed by atoms with van der Waals surface area (Å²) in [6.45, 7) is 1.90. The molecule has 1 fully saturated rings. The van der Waals surface area contributed by atoms with Crippen LogP contribution >= 0.6 is 12.4 Å². The summed E-state index contributed by atoms with van der Waals surface area (Å²) in [7, 11) is 2.15. The third-order valence-electron chi connectivity index (χ3n) is 6.67. The van der Waals surface area contributed by atoms with Gasteiger partial charge in [0.15, 0.2) is 0 Å². The van der Waals surface area contributed by atoms with E-state index in [0.29, 0.717) is 17.8 Å². The minimum Gasteiger partial charge on any atom is -0.347 e. The molecule has 7 heteroatoms. The number of aromatic nitrogens is 4. The van der Waals surface area contributed by atoms with Crippen molar-refractivity contribution in [3.63, 3.8) is 0 Å². The second-order valence-electron chi connectivity index (χ2n) is 8.50. The fourth-order valence-electron chi connectivity index (χ4n) is 5.14. The predicted molar refractivity (Wildman–Crippen MR) is 124 cm³/mol. The zero-order valence-corrected chi connectivity index (χ0v) is 18.3. The highest BCUT2D eigenvalue weighted by molar-refractivity contribution is 5.88. The van der Waals surface area contributed by atoms with Crippen LogP contribution in [0.3, 0.4) is 0 Å². The van der Waals surface area contributed by atoms with Gasteiger partial charge in [-0.1, -0.05) is 6.07 Å². The Labute approximate surface area is 186 Å². The molecule has 2 atom stereocenters. The van der Waals surface area contributed by atoms with Gasteiger partial charge < -0.3 is 9.88 Å². The van der Waals surface area contributed by atoms with Crippen molar-refractivity contribution in [2.45, 2.75) is 38.3 Å². The molecule has 0 saturated carbocycles. The van der Waals surface area contributed by atoms with Gasteiger partial charge in [0, 0.05) is 54.5 Å². The van der Waals surface area contributed by atoms with E-state index in [0.717, 1.165) is 23.4 Å². The molecule has 2 unspecified atom stereocenters. The Morgan fingerprint density at radius 1 is 1.06 bits per heavy atom. The van der Waals surface area contributed by atoms with Gasteiger partial charge in [-0.2, -0.15) is 10.2 Å². The molecule has 1 aromatic carbocycles. The lowest BCUT2D eigenvalue weighted by Crippen LogP contribution is -2.32. The van der Waals surface area contributed by atoms with Crippen LogP contribution in [0.2, 0.25) is 0 Å². The Hall–Kier alpha value is -2.96. The molecule has 6 nitrogen and oxygen atoms in total. The Morgan fingerprint density at radius 3 is 2.71 bits per heavy atom. The van der Waals surface area contributed by atoms with Crippen LogP contribution < -0.4 is 10.9 Å². The quantitative estimate of drug-likeness (QED) is 0.521. The number of nitrogens with one attached hydrogen (secondary N) is 1. The van der Waals surface area contributed by atoms with Gasteiger partial charge >= 0.3 is 0 Å². The molecular formula is C24H24ClN5O. The molecule has 6 rings (SSSR count). The van der Waals surface area contributed by atoms with Gasteiger partial charge in [0.05, 0.1) is 22.6 Å². The Balaban J connectivity index is 0.00000204. The molecule has 0 aliphatic carbocycles. The Bertz CT molecular complexity index is 1360. The highest BCUT2D eigenvalue weighted by Gasteiger charge is 2.35. The molecule has 1 saturated heterocycles. The van der Waals surface area contributed by atoms with Gasteiger partial charge in [-0.05, 0) is 55.7 Å². The van der Waals surface area contributed by atoms with E-state index >= 15 is 0 Å². The Kier molecular flexibility index (Phi) is 4.72. The lowest BCUT2D eigenvalue weighted by Gasteiger charge is -2.23. The maximum Gasteiger partial charge on any atom is 0.255 e. The van der Waals surface area contributed by atoms with Crippen molar-refractivity contribution in [2.24, 2.45) is 7.05 Å². The highest BCUT2D eigenvalue weighted by Crippen LogP contribution is 2.41. The number of benzene rings is 1. The number of halogens is 1. The smallest absolute Gasteiger partial charge is 0.255 e. The minimum atomic E-state index is -0.0751. The molecular weight excluding hydrogens is 410 g/mol. The van der Waals surface area contributed by atoms with Crippen LogP contribution in [-0.2, 0) is 13.5 Å². The monoisotopic (exact) mass is 433 g/mol. The van der Waals surface area contributed by atoms with Crippen LogP contribution in [0, 0.1) is 6.92 Å². The van der Waals surface area contributed by atoms with E-state index < -0.39 is 0 Å². The van der Waals surface area contributed by atoms with E-state index in [4.69, 9.17) is 0 Å². The van der Waals surface area contributed by atoms with E-state index in [1.54, 1.807) is 10.6 Å². The van der Waals surface area contributed by atoms with Crippen molar-refractivity contribution in [1.82, 2.24) is 24.6 Å². The summed E-state index contributed by atoms with van der Waals surface area (Å²) in [5, 5.41) is 13.3. The molecule has 158 valence electrons. The largest absolute Gasteiger partial charge is 0.347 e. The van der Waals surface area contributed by atoms with Gasteiger partial charge in [-0.15, -0.1) is 12.4 Å². The van der Waals surface area contributed by atoms with E-state index in [1.807, 2.05) is 31.3 Å². The lowest BCUT2D eigenvalue weighted by atomic mass is 9.99. The first-order valence-corrected chi connectivity index (χ1v) is 10.5. The number of aryl methyl sites for hydroxylation is 2. The van der Waals surface area contributed by atoms with Crippen LogP contribution in [-0.4, -0.2) is 25.4 Å². The molecule has 2 aliphatic heterocycles. The summed E-state index contributed by atoms with van der Waals surface area (Å²) in [5.41, 5.74) is 7.22. The standard InChI is InChI=1S/C24H23N5O.ClH/c1-14-3-7-19(27-26-14)15-9-10-29(23(30)11-15)17-5-6-18-21(13-17)28(2)22-12-16-4-8-20(25-16)24(18)22;/h3,5-7,9-11,13,16,20,25H,4,8,12H2,1-2H3;1H. The van der Waals surface area contributed by atoms with Crippen molar-refractivity contribution in [3.05, 3.63) is 76.0 Å². The SMILES string of the molecule is Cc1ccc(-c2ccn(-c3ccc4c5c(n(C)c4c3)CC3CCC5N3)c(=O)c2)nn1.Cl. The first-order chi connectivity index (χ1) is 14.6. The van der Waals surface area contributed by atoms with E-state index in [2.05, 4.69) is 45.3 Å². The first kappa shape index (κ1) is 20.0. The van der Waals surface area contributed by atoms with Crippen molar-refractivity contribution in [1.29, 1.82) is 0 Å². The summed E-state index contributed by atoms with van der Waals surface area (Å²) in [6.07, 6.45) is 5.37. The molecule has 0 spiro atoms.